The van der Waals surface area contributed by atoms with Crippen molar-refractivity contribution in [2.24, 2.45) is 5.10 Å². The summed E-state index contributed by atoms with van der Waals surface area (Å²) in [6.07, 6.45) is 1.85. The number of anilines is 1. The molecule has 0 spiro atoms. The number of hydrogen-bond donors (Lipinski definition) is 1. The summed E-state index contributed by atoms with van der Waals surface area (Å²) in [5.74, 6) is 0.733. The Bertz CT molecular complexity index is 1130. The maximum atomic E-state index is 4.58. The molecule has 1 N–H and O–H groups in total. The first-order valence-corrected chi connectivity index (χ1v) is 9.79. The van der Waals surface area contributed by atoms with Crippen LogP contribution < -0.4 is 5.43 Å². The number of fused-ring (bicyclic) bond motifs is 1. The first kappa shape index (κ1) is 17.7. The van der Waals surface area contributed by atoms with Crippen LogP contribution in [0.3, 0.4) is 0 Å². The van der Waals surface area contributed by atoms with Gasteiger partial charge in [-0.05, 0) is 85.0 Å². The zero-order valence-corrected chi connectivity index (χ0v) is 17.3. The standard InChI is InChI=1S/C22H19IN4/c1-15-13-18(16(2)27(15)20-10-8-19(23)9-11-20)14-24-26-22-12-7-17-5-3-4-6-21(17)25-22/h3-14H,1-2H3,(H,25,26). The first-order chi connectivity index (χ1) is 13.1. The highest BCUT2D eigenvalue weighted by Crippen LogP contribution is 2.21. The molecule has 4 aromatic rings. The van der Waals surface area contributed by atoms with Crippen molar-refractivity contribution in [2.45, 2.75) is 13.8 Å². The molecule has 5 heteroatoms. The van der Waals surface area contributed by atoms with Gasteiger partial charge < -0.3 is 4.57 Å². The smallest absolute Gasteiger partial charge is 0.146 e. The molecule has 0 saturated carbocycles. The molecule has 0 amide bonds. The topological polar surface area (TPSA) is 42.2 Å². The monoisotopic (exact) mass is 466 g/mol. The van der Waals surface area contributed by atoms with Gasteiger partial charge in [-0.1, -0.05) is 18.2 Å². The number of para-hydroxylation sites is 1. The van der Waals surface area contributed by atoms with Gasteiger partial charge in [0.25, 0.3) is 0 Å². The molecule has 134 valence electrons. The zero-order chi connectivity index (χ0) is 18.8. The van der Waals surface area contributed by atoms with Crippen LogP contribution in [0.2, 0.25) is 0 Å². The molecular formula is C22H19IN4. The largest absolute Gasteiger partial charge is 0.318 e. The summed E-state index contributed by atoms with van der Waals surface area (Å²) in [5, 5.41) is 5.51. The minimum atomic E-state index is 0.733. The van der Waals surface area contributed by atoms with Gasteiger partial charge in [0.1, 0.15) is 5.82 Å². The van der Waals surface area contributed by atoms with Crippen LogP contribution >= 0.6 is 22.6 Å². The summed E-state index contributed by atoms with van der Waals surface area (Å²) in [7, 11) is 0. The molecule has 2 heterocycles. The lowest BCUT2D eigenvalue weighted by molar-refractivity contribution is 0.964. The summed E-state index contributed by atoms with van der Waals surface area (Å²) < 4.78 is 3.47. The normalized spacial score (nSPS) is 11.4. The van der Waals surface area contributed by atoms with Crippen molar-refractivity contribution in [3.8, 4) is 5.69 Å². The van der Waals surface area contributed by atoms with E-state index in [0.29, 0.717) is 0 Å². The highest BCUT2D eigenvalue weighted by Gasteiger charge is 2.09. The van der Waals surface area contributed by atoms with E-state index in [4.69, 9.17) is 0 Å². The predicted octanol–water partition coefficient (Wildman–Crippen LogP) is 5.69. The van der Waals surface area contributed by atoms with Gasteiger partial charge in [-0.15, -0.1) is 0 Å². The maximum Gasteiger partial charge on any atom is 0.146 e. The van der Waals surface area contributed by atoms with Crippen molar-refractivity contribution in [3.05, 3.63) is 87.3 Å². The van der Waals surface area contributed by atoms with Gasteiger partial charge in [0.05, 0.1) is 11.7 Å². The molecule has 0 unspecified atom stereocenters. The second-order valence-corrected chi connectivity index (χ2v) is 7.64. The van der Waals surface area contributed by atoms with E-state index in [2.05, 4.69) is 92.9 Å². The molecule has 0 atom stereocenters. The number of rotatable bonds is 4. The van der Waals surface area contributed by atoms with Gasteiger partial charge in [0, 0.05) is 31.6 Å². The molecule has 0 aliphatic rings. The Kier molecular flexibility index (Phi) is 4.94. The highest BCUT2D eigenvalue weighted by atomic mass is 127. The van der Waals surface area contributed by atoms with Crippen molar-refractivity contribution in [1.82, 2.24) is 9.55 Å². The quantitative estimate of drug-likeness (QED) is 0.239. The van der Waals surface area contributed by atoms with E-state index in [9.17, 15) is 0 Å². The van der Waals surface area contributed by atoms with Crippen molar-refractivity contribution in [3.63, 3.8) is 0 Å². The lowest BCUT2D eigenvalue weighted by atomic mass is 10.2. The number of pyridine rings is 1. The third-order valence-corrected chi connectivity index (χ3v) is 5.26. The number of nitrogens with one attached hydrogen (secondary N) is 1. The second kappa shape index (κ2) is 7.52. The molecule has 0 saturated heterocycles. The van der Waals surface area contributed by atoms with Crippen molar-refractivity contribution in [2.75, 3.05) is 5.43 Å². The number of hydrazone groups is 1. The SMILES string of the molecule is Cc1cc(C=NNc2ccc3ccccc3n2)c(C)n1-c1ccc(I)cc1. The maximum absolute atomic E-state index is 4.58. The molecule has 0 bridgehead atoms. The van der Waals surface area contributed by atoms with Crippen molar-refractivity contribution < 1.29 is 0 Å². The number of nitrogens with zero attached hydrogens (tertiary/aromatic N) is 3. The van der Waals surface area contributed by atoms with Gasteiger partial charge in [0.2, 0.25) is 0 Å². The summed E-state index contributed by atoms with van der Waals surface area (Å²) in [5.41, 5.74) is 8.57. The fourth-order valence-corrected chi connectivity index (χ4v) is 3.56. The van der Waals surface area contributed by atoms with Gasteiger partial charge in [0.15, 0.2) is 0 Å². The van der Waals surface area contributed by atoms with Gasteiger partial charge in [-0.25, -0.2) is 4.98 Å². The van der Waals surface area contributed by atoms with Crippen LogP contribution in [0, 0.1) is 17.4 Å². The first-order valence-electron chi connectivity index (χ1n) is 8.71. The fourth-order valence-electron chi connectivity index (χ4n) is 3.20. The minimum Gasteiger partial charge on any atom is -0.318 e. The predicted molar refractivity (Wildman–Crippen MR) is 121 cm³/mol. The summed E-state index contributed by atoms with van der Waals surface area (Å²) in [6.45, 7) is 4.22. The lowest BCUT2D eigenvalue weighted by Crippen LogP contribution is -2.00. The van der Waals surface area contributed by atoms with Crippen LogP contribution in [0.15, 0.2) is 71.8 Å². The summed E-state index contributed by atoms with van der Waals surface area (Å²) in [6, 6.07) is 22.7. The van der Waals surface area contributed by atoms with Crippen LogP contribution in [-0.4, -0.2) is 15.8 Å². The molecule has 27 heavy (non-hydrogen) atoms. The minimum absolute atomic E-state index is 0.733. The van der Waals surface area contributed by atoms with Crippen LogP contribution in [0.4, 0.5) is 5.82 Å². The molecule has 0 fully saturated rings. The van der Waals surface area contributed by atoms with Crippen LogP contribution in [0.5, 0.6) is 0 Å². The van der Waals surface area contributed by atoms with Crippen LogP contribution in [0.1, 0.15) is 17.0 Å². The van der Waals surface area contributed by atoms with Gasteiger partial charge in [-0.2, -0.15) is 5.10 Å². The number of aryl methyl sites for hydroxylation is 1. The number of hydrogen-bond acceptors (Lipinski definition) is 3. The second-order valence-electron chi connectivity index (χ2n) is 6.40. The third-order valence-electron chi connectivity index (χ3n) is 4.54. The Hall–Kier alpha value is -2.67. The lowest BCUT2D eigenvalue weighted by Gasteiger charge is -2.09. The van der Waals surface area contributed by atoms with E-state index in [0.717, 1.165) is 33.7 Å². The molecule has 4 rings (SSSR count). The molecule has 4 nitrogen and oxygen atoms in total. The van der Waals surface area contributed by atoms with E-state index >= 15 is 0 Å². The Morgan fingerprint density at radius 1 is 1.00 bits per heavy atom. The van der Waals surface area contributed by atoms with Crippen molar-refractivity contribution in [1.29, 1.82) is 0 Å². The Labute approximate surface area is 172 Å². The van der Waals surface area contributed by atoms with E-state index in [1.54, 1.807) is 0 Å². The zero-order valence-electron chi connectivity index (χ0n) is 15.1. The Balaban J connectivity index is 1.57. The Morgan fingerprint density at radius 2 is 1.78 bits per heavy atom. The van der Waals surface area contributed by atoms with Gasteiger partial charge >= 0.3 is 0 Å². The van der Waals surface area contributed by atoms with E-state index in [1.165, 1.54) is 9.26 Å². The number of halogens is 1. The average molecular weight is 466 g/mol. The fraction of sp³-hybridized carbons (Fsp3) is 0.0909. The summed E-state index contributed by atoms with van der Waals surface area (Å²) in [4.78, 5) is 4.58. The van der Waals surface area contributed by atoms with Gasteiger partial charge in [-0.3, -0.25) is 5.43 Å². The van der Waals surface area contributed by atoms with Crippen LogP contribution in [0.25, 0.3) is 16.6 Å². The number of benzene rings is 2. The average Bonchev–Trinajstić information content (AvgIpc) is 2.96. The van der Waals surface area contributed by atoms with Crippen LogP contribution in [-0.2, 0) is 0 Å². The molecule has 0 aliphatic heterocycles. The Morgan fingerprint density at radius 3 is 2.59 bits per heavy atom. The molecule has 2 aromatic carbocycles. The molecular weight excluding hydrogens is 447 g/mol. The highest BCUT2D eigenvalue weighted by molar-refractivity contribution is 14.1. The summed E-state index contributed by atoms with van der Waals surface area (Å²) >= 11 is 2.32. The molecule has 2 aromatic heterocycles. The van der Waals surface area contributed by atoms with E-state index < -0.39 is 0 Å². The third kappa shape index (κ3) is 3.73. The molecule has 0 aliphatic carbocycles. The molecule has 0 radical (unpaired) electrons. The van der Waals surface area contributed by atoms with E-state index in [-0.39, 0.29) is 0 Å². The number of aromatic nitrogens is 2. The van der Waals surface area contributed by atoms with Crippen molar-refractivity contribution >= 4 is 45.5 Å². The van der Waals surface area contributed by atoms with E-state index in [1.807, 2.05) is 36.5 Å².